The van der Waals surface area contributed by atoms with E-state index in [1.54, 1.807) is 0 Å². The lowest BCUT2D eigenvalue weighted by atomic mass is 9.97. The third-order valence-corrected chi connectivity index (χ3v) is 8.22. The zero-order valence-electron chi connectivity index (χ0n) is 19.3. The van der Waals surface area contributed by atoms with Crippen LogP contribution in [0.3, 0.4) is 0 Å². The molecule has 37 heavy (non-hydrogen) atoms. The Hall–Kier alpha value is -1.79. The van der Waals surface area contributed by atoms with Crippen LogP contribution in [0.15, 0.2) is 15.8 Å². The van der Waals surface area contributed by atoms with E-state index in [0.29, 0.717) is 0 Å². The maximum absolute atomic E-state index is 12.3. The Bertz CT molecular complexity index is 1190. The number of nitrogens with zero attached hydrogens (tertiary/aromatic N) is 1. The Labute approximate surface area is 207 Å². The molecule has 10 atom stereocenters. The standard InChI is InChI=1S/C17H27N3O15P2/c1-7-4-20(17(26)19-15(7)25)11-3-9(22)10(33-11)5-31-36(27,28)35-37(29,30)34-16-14(24)13(23)12(18-6-21)8(2)32-16/h4,6,8-14,16,22-24H,3,5H2,1-2H3,(H,18,21)(H,27,28)(H,29,30)(H,19,25,26)/t8-,9+,10-,11-,12-,13+,14-,16+/m1/s1. The van der Waals surface area contributed by atoms with Gasteiger partial charge in [-0.2, -0.15) is 4.31 Å². The molecule has 0 saturated carbocycles. The third-order valence-electron chi connectivity index (χ3n) is 5.62. The summed E-state index contributed by atoms with van der Waals surface area (Å²) in [6.45, 7) is 1.95. The lowest BCUT2D eigenvalue weighted by molar-refractivity contribution is -0.245. The smallest absolute Gasteiger partial charge is 0.390 e. The van der Waals surface area contributed by atoms with Gasteiger partial charge in [-0.05, 0) is 13.8 Å². The van der Waals surface area contributed by atoms with Crippen LogP contribution in [0.4, 0.5) is 0 Å². The number of aromatic nitrogens is 2. The van der Waals surface area contributed by atoms with E-state index in [2.05, 4.69) is 23.7 Å². The molecule has 2 aliphatic rings. The Morgan fingerprint density at radius 2 is 1.86 bits per heavy atom. The highest BCUT2D eigenvalue weighted by molar-refractivity contribution is 7.61. The van der Waals surface area contributed by atoms with Crippen molar-refractivity contribution in [1.82, 2.24) is 14.9 Å². The van der Waals surface area contributed by atoms with Crippen molar-refractivity contribution in [3.8, 4) is 0 Å². The number of aliphatic hydroxyl groups excluding tert-OH is 3. The number of aliphatic hydroxyl groups is 3. The molecule has 0 radical (unpaired) electrons. The first kappa shape index (κ1) is 29.8. The molecule has 1 aromatic heterocycles. The van der Waals surface area contributed by atoms with Crippen molar-refractivity contribution < 1.29 is 61.9 Å². The average molecular weight is 575 g/mol. The average Bonchev–Trinajstić information content (AvgIpc) is 3.15. The number of carbonyl (C=O) groups excluding carboxylic acids is 1. The molecule has 3 heterocycles. The number of hydrogen-bond acceptors (Lipinski definition) is 13. The van der Waals surface area contributed by atoms with Crippen LogP contribution in [0.5, 0.6) is 0 Å². The summed E-state index contributed by atoms with van der Waals surface area (Å²) in [7, 11) is -10.8. The minimum Gasteiger partial charge on any atom is -0.390 e. The summed E-state index contributed by atoms with van der Waals surface area (Å²) in [5.74, 6) is 0. The number of rotatable bonds is 10. The molecule has 2 aliphatic heterocycles. The van der Waals surface area contributed by atoms with E-state index >= 15 is 0 Å². The molecule has 20 heteroatoms. The molecular formula is C17H27N3O15P2. The number of carbonyl (C=O) groups is 1. The number of phosphoric acid groups is 2. The summed E-state index contributed by atoms with van der Waals surface area (Å²) in [4.78, 5) is 56.0. The van der Waals surface area contributed by atoms with Crippen LogP contribution >= 0.6 is 15.6 Å². The number of H-pyrrole nitrogens is 1. The second-order valence-electron chi connectivity index (χ2n) is 8.33. The number of amides is 1. The third kappa shape index (κ3) is 7.20. The van der Waals surface area contributed by atoms with E-state index in [0.717, 1.165) is 4.57 Å². The SMILES string of the molecule is Cc1cn([C@H]2C[C@H](O)[C@@H](COP(=O)(O)OP(=O)(O)O[C@@H]3O[C@H](C)[C@@H](NC=O)[C@H](O)[C@H]3O)O2)c(=O)[nH]c1=O. The van der Waals surface area contributed by atoms with Gasteiger partial charge in [0.25, 0.3) is 5.56 Å². The van der Waals surface area contributed by atoms with Gasteiger partial charge in [-0.25, -0.2) is 13.9 Å². The van der Waals surface area contributed by atoms with Gasteiger partial charge in [0, 0.05) is 18.2 Å². The van der Waals surface area contributed by atoms with E-state index in [-0.39, 0.29) is 18.4 Å². The first-order valence-electron chi connectivity index (χ1n) is 10.7. The molecule has 0 aromatic carbocycles. The predicted octanol–water partition coefficient (Wildman–Crippen LogP) is -2.67. The van der Waals surface area contributed by atoms with Crippen molar-refractivity contribution in [2.75, 3.05) is 6.61 Å². The van der Waals surface area contributed by atoms with Crippen molar-refractivity contribution >= 4 is 22.1 Å². The highest BCUT2D eigenvalue weighted by atomic mass is 31.3. The van der Waals surface area contributed by atoms with Gasteiger partial charge in [0.05, 0.1) is 24.9 Å². The van der Waals surface area contributed by atoms with Crippen molar-refractivity contribution in [3.05, 3.63) is 32.6 Å². The maximum Gasteiger partial charge on any atom is 0.483 e. The molecule has 2 unspecified atom stereocenters. The van der Waals surface area contributed by atoms with Crippen molar-refractivity contribution in [2.45, 2.75) is 69.3 Å². The van der Waals surface area contributed by atoms with Crippen LogP contribution in [0.1, 0.15) is 25.1 Å². The van der Waals surface area contributed by atoms with E-state index in [1.165, 1.54) is 20.0 Å². The summed E-state index contributed by atoms with van der Waals surface area (Å²) in [5, 5.41) is 32.5. The highest BCUT2D eigenvalue weighted by Gasteiger charge is 2.48. The monoisotopic (exact) mass is 575 g/mol. The number of aryl methyl sites for hydroxylation is 1. The van der Waals surface area contributed by atoms with E-state index in [9.17, 15) is 48.6 Å². The minimum absolute atomic E-state index is 0.158. The van der Waals surface area contributed by atoms with Crippen LogP contribution in [0.25, 0.3) is 0 Å². The first-order valence-corrected chi connectivity index (χ1v) is 13.7. The van der Waals surface area contributed by atoms with Gasteiger partial charge in [0.1, 0.15) is 24.5 Å². The van der Waals surface area contributed by atoms with Crippen molar-refractivity contribution in [1.29, 1.82) is 0 Å². The summed E-state index contributed by atoms with van der Waals surface area (Å²) in [6.07, 6.45) is -9.02. The van der Waals surface area contributed by atoms with E-state index < -0.39 is 82.6 Å². The molecule has 3 rings (SSSR count). The second kappa shape index (κ2) is 11.5. The van der Waals surface area contributed by atoms with Gasteiger partial charge < -0.3 is 39.9 Å². The van der Waals surface area contributed by atoms with Crippen molar-refractivity contribution in [2.24, 2.45) is 0 Å². The fourth-order valence-corrected chi connectivity index (χ4v) is 5.89. The molecule has 0 aliphatic carbocycles. The van der Waals surface area contributed by atoms with Crippen molar-refractivity contribution in [3.63, 3.8) is 0 Å². The second-order valence-corrected chi connectivity index (χ2v) is 11.3. The zero-order chi connectivity index (χ0) is 27.7. The molecule has 7 N–H and O–H groups in total. The van der Waals surface area contributed by atoms with Gasteiger partial charge in [-0.1, -0.05) is 0 Å². The summed E-state index contributed by atoms with van der Waals surface area (Å²) in [6, 6.07) is -1.09. The molecule has 1 aromatic rings. The minimum atomic E-state index is -5.47. The summed E-state index contributed by atoms with van der Waals surface area (Å²) >= 11 is 0. The molecule has 18 nitrogen and oxygen atoms in total. The van der Waals surface area contributed by atoms with Crippen LogP contribution in [-0.4, -0.2) is 90.5 Å². The maximum atomic E-state index is 12.3. The van der Waals surface area contributed by atoms with Gasteiger partial charge in [-0.15, -0.1) is 0 Å². The largest absolute Gasteiger partial charge is 0.483 e. The van der Waals surface area contributed by atoms with E-state index in [1.807, 2.05) is 0 Å². The van der Waals surface area contributed by atoms with Gasteiger partial charge >= 0.3 is 21.3 Å². The number of hydrogen-bond donors (Lipinski definition) is 7. The lowest BCUT2D eigenvalue weighted by Gasteiger charge is -2.41. The number of phosphoric ester groups is 2. The molecule has 210 valence electrons. The van der Waals surface area contributed by atoms with Crippen LogP contribution in [0, 0.1) is 6.92 Å². The normalized spacial score (nSPS) is 35.4. The Morgan fingerprint density at radius 1 is 1.19 bits per heavy atom. The number of aromatic amines is 1. The fraction of sp³-hybridized carbons (Fsp3) is 0.706. The quantitative estimate of drug-likeness (QED) is 0.111. The highest BCUT2D eigenvalue weighted by Crippen LogP contribution is 2.61. The predicted molar refractivity (Wildman–Crippen MR) is 118 cm³/mol. The molecule has 2 saturated heterocycles. The number of ether oxygens (including phenoxy) is 2. The van der Waals surface area contributed by atoms with Gasteiger partial charge in [-0.3, -0.25) is 28.2 Å². The zero-order valence-corrected chi connectivity index (χ0v) is 21.1. The lowest BCUT2D eigenvalue weighted by Crippen LogP contribution is -2.61. The van der Waals surface area contributed by atoms with Crippen LogP contribution in [-0.2, 0) is 36.8 Å². The Morgan fingerprint density at radius 3 is 2.51 bits per heavy atom. The first-order chi connectivity index (χ1) is 17.1. The fourth-order valence-electron chi connectivity index (χ4n) is 3.74. The molecular weight excluding hydrogens is 548 g/mol. The molecule has 2 fully saturated rings. The topological polar surface area (TPSA) is 265 Å². The van der Waals surface area contributed by atoms with Gasteiger partial charge in [0.2, 0.25) is 6.41 Å². The molecule has 1 amide bonds. The summed E-state index contributed by atoms with van der Waals surface area (Å²) < 4.78 is 49.5. The summed E-state index contributed by atoms with van der Waals surface area (Å²) in [5.41, 5.74) is -1.24. The van der Waals surface area contributed by atoms with E-state index in [4.69, 9.17) is 9.47 Å². The number of nitrogens with one attached hydrogen (secondary N) is 2. The Balaban J connectivity index is 1.58. The Kier molecular flexibility index (Phi) is 9.27. The van der Waals surface area contributed by atoms with Gasteiger partial charge in [0.15, 0.2) is 6.29 Å². The molecule has 0 spiro atoms. The van der Waals surface area contributed by atoms with Crippen LogP contribution < -0.4 is 16.6 Å². The molecule has 0 bridgehead atoms. The van der Waals surface area contributed by atoms with Crippen LogP contribution in [0.2, 0.25) is 0 Å².